The summed E-state index contributed by atoms with van der Waals surface area (Å²) in [4.78, 5) is 2.45. The maximum absolute atomic E-state index is 4.03. The number of fused-ring (bicyclic) bond motifs is 1. The van der Waals surface area contributed by atoms with Crippen molar-refractivity contribution >= 4 is 0 Å². The second-order valence-electron chi connectivity index (χ2n) is 5.71. The smallest absolute Gasteiger partial charge is 0.0382 e. The van der Waals surface area contributed by atoms with Crippen molar-refractivity contribution in [2.24, 2.45) is 0 Å². The summed E-state index contributed by atoms with van der Waals surface area (Å²) in [6, 6.07) is 6.79. The van der Waals surface area contributed by atoms with Crippen LogP contribution in [0.15, 0.2) is 43.3 Å². The summed E-state index contributed by atoms with van der Waals surface area (Å²) in [5.74, 6) is 0.661. The van der Waals surface area contributed by atoms with E-state index in [2.05, 4.69) is 55.4 Å². The molecule has 1 aliphatic rings. The summed E-state index contributed by atoms with van der Waals surface area (Å²) >= 11 is 0. The zero-order valence-electron chi connectivity index (χ0n) is 12.8. The normalized spacial score (nSPS) is 16.3. The number of rotatable bonds is 6. The fourth-order valence-electron chi connectivity index (χ4n) is 2.97. The summed E-state index contributed by atoms with van der Waals surface area (Å²) in [6.07, 6.45) is 4.05. The van der Waals surface area contributed by atoms with Crippen molar-refractivity contribution in [3.05, 3.63) is 59.9 Å². The van der Waals surface area contributed by atoms with Crippen LogP contribution in [0.25, 0.3) is 0 Å². The lowest BCUT2D eigenvalue weighted by Crippen LogP contribution is -2.34. The van der Waals surface area contributed by atoms with Gasteiger partial charge >= 0.3 is 0 Å². The fourth-order valence-corrected chi connectivity index (χ4v) is 2.97. The molecule has 1 aliphatic heterocycles. The Morgan fingerprint density at radius 3 is 3.00 bits per heavy atom. The Hall–Kier alpha value is -1.54. The predicted molar refractivity (Wildman–Crippen MR) is 86.6 cm³/mol. The number of nitrogens with zero attached hydrogens (tertiary/aromatic N) is 1. The van der Waals surface area contributed by atoms with Gasteiger partial charge in [0.25, 0.3) is 0 Å². The number of benzene rings is 1. The second-order valence-corrected chi connectivity index (χ2v) is 5.71. The Kier molecular flexibility index (Phi) is 5.02. The van der Waals surface area contributed by atoms with Gasteiger partial charge in [-0.25, -0.2) is 0 Å². The molecule has 0 aromatic heterocycles. The van der Waals surface area contributed by atoms with E-state index in [0.29, 0.717) is 5.92 Å². The molecule has 2 heteroatoms. The molecule has 2 nitrogen and oxygen atoms in total. The van der Waals surface area contributed by atoms with E-state index in [0.717, 1.165) is 31.8 Å². The van der Waals surface area contributed by atoms with Crippen molar-refractivity contribution in [2.75, 3.05) is 13.1 Å². The first-order chi connectivity index (χ1) is 9.65. The number of hydrogen-bond acceptors (Lipinski definition) is 2. The van der Waals surface area contributed by atoms with Crippen LogP contribution in [0.2, 0.25) is 0 Å². The van der Waals surface area contributed by atoms with Crippen molar-refractivity contribution in [3.63, 3.8) is 0 Å². The highest BCUT2D eigenvalue weighted by atomic mass is 15.1. The molecule has 0 bridgehead atoms. The Morgan fingerprint density at radius 2 is 2.30 bits per heavy atom. The van der Waals surface area contributed by atoms with Crippen LogP contribution in [0.1, 0.15) is 42.9 Å². The van der Waals surface area contributed by atoms with E-state index in [1.54, 1.807) is 17.3 Å². The lowest BCUT2D eigenvalue weighted by Gasteiger charge is -2.31. The second kappa shape index (κ2) is 6.76. The van der Waals surface area contributed by atoms with Crippen LogP contribution in [0.5, 0.6) is 0 Å². The molecule has 1 N–H and O–H groups in total. The van der Waals surface area contributed by atoms with Gasteiger partial charge in [-0.05, 0) is 41.6 Å². The molecule has 1 aromatic carbocycles. The molecule has 2 rings (SSSR count). The minimum absolute atomic E-state index is 0.661. The van der Waals surface area contributed by atoms with E-state index in [1.165, 1.54) is 12.0 Å². The molecule has 0 saturated carbocycles. The minimum atomic E-state index is 0.661. The fraction of sp³-hybridized carbons (Fsp3) is 0.444. The van der Waals surface area contributed by atoms with E-state index < -0.39 is 0 Å². The van der Waals surface area contributed by atoms with Gasteiger partial charge in [-0.15, -0.1) is 0 Å². The monoisotopic (exact) mass is 270 g/mol. The van der Waals surface area contributed by atoms with Crippen LogP contribution in [-0.4, -0.2) is 18.0 Å². The summed E-state index contributed by atoms with van der Waals surface area (Å²) in [7, 11) is 0. The maximum Gasteiger partial charge on any atom is 0.0382 e. The van der Waals surface area contributed by atoms with Crippen LogP contribution >= 0.6 is 0 Å². The third kappa shape index (κ3) is 3.31. The third-order valence-corrected chi connectivity index (χ3v) is 4.25. The molecular formula is C18H26N2. The number of nitrogens with one attached hydrogen (secondary N) is 1. The van der Waals surface area contributed by atoms with Gasteiger partial charge < -0.3 is 5.32 Å². The van der Waals surface area contributed by atoms with E-state index in [1.807, 2.05) is 0 Å². The van der Waals surface area contributed by atoms with Gasteiger partial charge in [0.15, 0.2) is 0 Å². The van der Waals surface area contributed by atoms with Gasteiger partial charge in [-0.3, -0.25) is 4.90 Å². The molecule has 0 aliphatic carbocycles. The SMILES string of the molecule is C=CNC(=C)CN1CCc2c(cccc2C(C)CC)C1. The van der Waals surface area contributed by atoms with Gasteiger partial charge in [-0.1, -0.05) is 45.2 Å². The summed E-state index contributed by atoms with van der Waals surface area (Å²) in [5.41, 5.74) is 5.63. The van der Waals surface area contributed by atoms with Crippen molar-refractivity contribution < 1.29 is 0 Å². The third-order valence-electron chi connectivity index (χ3n) is 4.25. The topological polar surface area (TPSA) is 15.3 Å². The molecule has 20 heavy (non-hydrogen) atoms. The highest BCUT2D eigenvalue weighted by Crippen LogP contribution is 2.29. The molecule has 0 amide bonds. The van der Waals surface area contributed by atoms with Gasteiger partial charge in [0.05, 0.1) is 0 Å². The van der Waals surface area contributed by atoms with Crippen LogP contribution in [-0.2, 0) is 13.0 Å². The van der Waals surface area contributed by atoms with E-state index in [-0.39, 0.29) is 0 Å². The van der Waals surface area contributed by atoms with Crippen molar-refractivity contribution in [3.8, 4) is 0 Å². The van der Waals surface area contributed by atoms with Crippen LogP contribution in [0, 0.1) is 0 Å². The minimum Gasteiger partial charge on any atom is -0.365 e. The van der Waals surface area contributed by atoms with Crippen LogP contribution in [0.3, 0.4) is 0 Å². The molecule has 1 unspecified atom stereocenters. The van der Waals surface area contributed by atoms with E-state index >= 15 is 0 Å². The van der Waals surface area contributed by atoms with Crippen molar-refractivity contribution in [1.29, 1.82) is 0 Å². The first kappa shape index (κ1) is 14.9. The maximum atomic E-state index is 4.03. The summed E-state index contributed by atoms with van der Waals surface area (Å²) in [6.45, 7) is 15.3. The lowest BCUT2D eigenvalue weighted by molar-refractivity contribution is 0.272. The number of hydrogen-bond donors (Lipinski definition) is 1. The quantitative estimate of drug-likeness (QED) is 0.845. The summed E-state index contributed by atoms with van der Waals surface area (Å²) in [5, 5.41) is 3.08. The predicted octanol–water partition coefficient (Wildman–Crippen LogP) is 3.81. The first-order valence-corrected chi connectivity index (χ1v) is 7.54. The van der Waals surface area contributed by atoms with Gasteiger partial charge in [-0.2, -0.15) is 0 Å². The molecule has 0 saturated heterocycles. The first-order valence-electron chi connectivity index (χ1n) is 7.54. The lowest BCUT2D eigenvalue weighted by atomic mass is 9.87. The van der Waals surface area contributed by atoms with Gasteiger partial charge in [0, 0.05) is 25.3 Å². The van der Waals surface area contributed by atoms with Gasteiger partial charge in [0.2, 0.25) is 0 Å². The Balaban J connectivity index is 2.11. The zero-order valence-corrected chi connectivity index (χ0v) is 12.8. The standard InChI is InChI=1S/C18H26N2/c1-5-14(3)17-9-7-8-16-13-20(11-10-18(16)17)12-15(4)19-6-2/h6-9,14,19H,2,4-5,10-13H2,1,3H3. The Bertz CT molecular complexity index is 490. The van der Waals surface area contributed by atoms with E-state index in [4.69, 9.17) is 0 Å². The Labute approximate surface area is 123 Å². The molecular weight excluding hydrogens is 244 g/mol. The molecule has 0 spiro atoms. The molecule has 0 radical (unpaired) electrons. The highest BCUT2D eigenvalue weighted by Gasteiger charge is 2.20. The average Bonchev–Trinajstić information content (AvgIpc) is 2.45. The largest absolute Gasteiger partial charge is 0.365 e. The molecule has 1 atom stereocenters. The molecule has 1 aromatic rings. The highest BCUT2D eigenvalue weighted by molar-refractivity contribution is 5.39. The molecule has 0 fully saturated rings. The summed E-state index contributed by atoms with van der Waals surface area (Å²) < 4.78 is 0. The molecule has 108 valence electrons. The van der Waals surface area contributed by atoms with Gasteiger partial charge in [0.1, 0.15) is 0 Å². The van der Waals surface area contributed by atoms with Crippen molar-refractivity contribution in [2.45, 2.75) is 39.2 Å². The van der Waals surface area contributed by atoms with Crippen LogP contribution in [0.4, 0.5) is 0 Å². The average molecular weight is 270 g/mol. The van der Waals surface area contributed by atoms with Crippen LogP contribution < -0.4 is 5.32 Å². The van der Waals surface area contributed by atoms with Crippen molar-refractivity contribution in [1.82, 2.24) is 10.2 Å². The Morgan fingerprint density at radius 1 is 1.50 bits per heavy atom. The molecule has 1 heterocycles. The zero-order chi connectivity index (χ0) is 14.5. The van der Waals surface area contributed by atoms with E-state index in [9.17, 15) is 0 Å².